The lowest BCUT2D eigenvalue weighted by atomic mass is 9.94. The maximum absolute atomic E-state index is 13.0. The SMILES string of the molecule is CC(Cc1ccccc1)C(=O)N1CCc2nc(C3(c4ccccc4)CC3)[nH]c(=O)c2C1. The Morgan fingerprint density at radius 1 is 1.10 bits per heavy atom. The third kappa shape index (κ3) is 3.69. The fourth-order valence-corrected chi connectivity index (χ4v) is 4.75. The first-order chi connectivity index (χ1) is 15.1. The minimum atomic E-state index is -0.160. The van der Waals surface area contributed by atoms with Crippen LogP contribution in [-0.4, -0.2) is 27.3 Å². The van der Waals surface area contributed by atoms with Gasteiger partial charge in [-0.25, -0.2) is 4.98 Å². The van der Waals surface area contributed by atoms with Gasteiger partial charge in [0.2, 0.25) is 5.91 Å². The molecule has 2 heterocycles. The number of H-pyrrole nitrogens is 1. The molecule has 5 nitrogen and oxygen atoms in total. The molecule has 5 heteroatoms. The number of aromatic amines is 1. The fraction of sp³-hybridized carbons (Fsp3) is 0.346. The molecule has 1 aliphatic carbocycles. The average Bonchev–Trinajstić information content (AvgIpc) is 3.62. The topological polar surface area (TPSA) is 66.1 Å². The van der Waals surface area contributed by atoms with Crippen LogP contribution in [0.4, 0.5) is 0 Å². The predicted octanol–water partition coefficient (Wildman–Crippen LogP) is 3.61. The molecule has 1 atom stereocenters. The lowest BCUT2D eigenvalue weighted by Gasteiger charge is -2.30. The van der Waals surface area contributed by atoms with Crippen molar-refractivity contribution in [1.82, 2.24) is 14.9 Å². The van der Waals surface area contributed by atoms with E-state index in [1.807, 2.05) is 60.4 Å². The van der Waals surface area contributed by atoms with Crippen LogP contribution in [0.25, 0.3) is 0 Å². The number of fused-ring (bicyclic) bond motifs is 1. The van der Waals surface area contributed by atoms with Crippen LogP contribution >= 0.6 is 0 Å². The standard InChI is InChI=1S/C26H27N3O2/c1-18(16-19-8-4-2-5-9-19)24(31)29-15-12-22-21(17-29)23(30)28-25(27-22)26(13-14-26)20-10-6-3-7-11-20/h2-11,18H,12-17H2,1H3,(H,27,28,30). The van der Waals surface area contributed by atoms with Crippen molar-refractivity contribution >= 4 is 5.91 Å². The summed E-state index contributed by atoms with van der Waals surface area (Å²) in [6.07, 6.45) is 3.33. The molecular formula is C26H27N3O2. The molecule has 0 spiro atoms. The second kappa shape index (κ2) is 7.80. The molecule has 1 amide bonds. The first kappa shape index (κ1) is 19.7. The van der Waals surface area contributed by atoms with Gasteiger partial charge in [0.15, 0.2) is 0 Å². The summed E-state index contributed by atoms with van der Waals surface area (Å²) >= 11 is 0. The molecule has 0 saturated heterocycles. The van der Waals surface area contributed by atoms with E-state index in [0.717, 1.165) is 29.9 Å². The number of aromatic nitrogens is 2. The highest BCUT2D eigenvalue weighted by molar-refractivity contribution is 5.79. The van der Waals surface area contributed by atoms with Crippen LogP contribution < -0.4 is 5.56 Å². The van der Waals surface area contributed by atoms with E-state index in [4.69, 9.17) is 4.98 Å². The van der Waals surface area contributed by atoms with E-state index in [0.29, 0.717) is 31.5 Å². The van der Waals surface area contributed by atoms with Crippen molar-refractivity contribution in [3.8, 4) is 0 Å². The van der Waals surface area contributed by atoms with Gasteiger partial charge in [0.1, 0.15) is 5.82 Å². The first-order valence-corrected chi connectivity index (χ1v) is 11.1. The van der Waals surface area contributed by atoms with Crippen LogP contribution in [0, 0.1) is 5.92 Å². The molecule has 1 aromatic heterocycles. The number of hydrogen-bond donors (Lipinski definition) is 1. The van der Waals surface area contributed by atoms with Crippen LogP contribution in [0.1, 0.15) is 48.0 Å². The maximum Gasteiger partial charge on any atom is 0.256 e. The fourth-order valence-electron chi connectivity index (χ4n) is 4.75. The molecule has 2 aromatic carbocycles. The van der Waals surface area contributed by atoms with Crippen molar-refractivity contribution in [3.05, 3.63) is 99.2 Å². The van der Waals surface area contributed by atoms with E-state index in [1.165, 1.54) is 5.56 Å². The normalized spacial score (nSPS) is 17.6. The zero-order chi connectivity index (χ0) is 21.4. The highest BCUT2D eigenvalue weighted by Gasteiger charge is 2.48. The van der Waals surface area contributed by atoms with Gasteiger partial charge in [-0.1, -0.05) is 67.6 Å². The van der Waals surface area contributed by atoms with E-state index in [1.54, 1.807) is 0 Å². The van der Waals surface area contributed by atoms with Crippen molar-refractivity contribution in [3.63, 3.8) is 0 Å². The number of carbonyl (C=O) groups excluding carboxylic acids is 1. The summed E-state index contributed by atoms with van der Waals surface area (Å²) in [5.74, 6) is 0.753. The van der Waals surface area contributed by atoms with Crippen LogP contribution in [0.2, 0.25) is 0 Å². The van der Waals surface area contributed by atoms with Crippen LogP contribution in [0.15, 0.2) is 65.5 Å². The average molecular weight is 414 g/mol. The number of rotatable bonds is 5. The Bertz CT molecular complexity index is 1150. The monoisotopic (exact) mass is 413 g/mol. The summed E-state index contributed by atoms with van der Waals surface area (Å²) < 4.78 is 0. The Labute approximate surface area is 182 Å². The molecule has 0 radical (unpaired) electrons. The molecule has 158 valence electrons. The summed E-state index contributed by atoms with van der Waals surface area (Å²) in [6.45, 7) is 2.92. The Kier molecular flexibility index (Phi) is 4.97. The molecule has 5 rings (SSSR count). The van der Waals surface area contributed by atoms with E-state index >= 15 is 0 Å². The van der Waals surface area contributed by atoms with Crippen molar-refractivity contribution < 1.29 is 4.79 Å². The van der Waals surface area contributed by atoms with Crippen LogP contribution in [0.5, 0.6) is 0 Å². The largest absolute Gasteiger partial charge is 0.337 e. The summed E-state index contributed by atoms with van der Waals surface area (Å²) in [5.41, 5.74) is 3.59. The number of carbonyl (C=O) groups is 1. The summed E-state index contributed by atoms with van der Waals surface area (Å²) in [6, 6.07) is 20.4. The summed E-state index contributed by atoms with van der Waals surface area (Å²) in [7, 11) is 0. The van der Waals surface area contributed by atoms with Crippen molar-refractivity contribution in [2.24, 2.45) is 5.92 Å². The first-order valence-electron chi connectivity index (χ1n) is 11.1. The molecule has 0 bridgehead atoms. The molecule has 31 heavy (non-hydrogen) atoms. The minimum Gasteiger partial charge on any atom is -0.337 e. The molecule has 3 aromatic rings. The maximum atomic E-state index is 13.0. The zero-order valence-corrected chi connectivity index (χ0v) is 17.8. The quantitative estimate of drug-likeness (QED) is 0.695. The van der Waals surface area contributed by atoms with Gasteiger partial charge >= 0.3 is 0 Å². The molecule has 1 N–H and O–H groups in total. The zero-order valence-electron chi connectivity index (χ0n) is 17.8. The lowest BCUT2D eigenvalue weighted by molar-refractivity contribution is -0.135. The number of amides is 1. The van der Waals surface area contributed by atoms with Gasteiger partial charge < -0.3 is 9.88 Å². The van der Waals surface area contributed by atoms with E-state index < -0.39 is 0 Å². The van der Waals surface area contributed by atoms with E-state index in [-0.39, 0.29) is 22.8 Å². The number of hydrogen-bond acceptors (Lipinski definition) is 3. The summed E-state index contributed by atoms with van der Waals surface area (Å²) in [5, 5.41) is 0. The van der Waals surface area contributed by atoms with Gasteiger partial charge in [-0.2, -0.15) is 0 Å². The molecule has 1 fully saturated rings. The van der Waals surface area contributed by atoms with E-state index in [2.05, 4.69) is 17.1 Å². The van der Waals surface area contributed by atoms with Gasteiger partial charge in [0, 0.05) is 18.9 Å². The third-order valence-corrected chi connectivity index (χ3v) is 6.72. The van der Waals surface area contributed by atoms with Crippen LogP contribution in [-0.2, 0) is 29.6 Å². The lowest BCUT2D eigenvalue weighted by Crippen LogP contribution is -2.42. The Morgan fingerprint density at radius 3 is 2.45 bits per heavy atom. The second-order valence-electron chi connectivity index (χ2n) is 8.89. The van der Waals surface area contributed by atoms with Gasteiger partial charge in [0.05, 0.1) is 23.2 Å². The third-order valence-electron chi connectivity index (χ3n) is 6.72. The highest BCUT2D eigenvalue weighted by Crippen LogP contribution is 2.51. The number of nitrogens with zero attached hydrogens (tertiary/aromatic N) is 2. The molecule has 1 unspecified atom stereocenters. The molecule has 1 saturated carbocycles. The minimum absolute atomic E-state index is 0.0981. The predicted molar refractivity (Wildman–Crippen MR) is 120 cm³/mol. The van der Waals surface area contributed by atoms with Gasteiger partial charge in [-0.05, 0) is 30.4 Å². The molecule has 1 aliphatic heterocycles. The van der Waals surface area contributed by atoms with Crippen molar-refractivity contribution in [2.45, 2.75) is 44.6 Å². The smallest absolute Gasteiger partial charge is 0.256 e. The number of nitrogens with one attached hydrogen (secondary N) is 1. The Hall–Kier alpha value is -3.21. The molecular weight excluding hydrogens is 386 g/mol. The number of benzene rings is 2. The van der Waals surface area contributed by atoms with Gasteiger partial charge in [-0.15, -0.1) is 0 Å². The van der Waals surface area contributed by atoms with Crippen molar-refractivity contribution in [2.75, 3.05) is 6.54 Å². The molecule has 2 aliphatic rings. The van der Waals surface area contributed by atoms with Crippen molar-refractivity contribution in [1.29, 1.82) is 0 Å². The second-order valence-corrected chi connectivity index (χ2v) is 8.89. The van der Waals surface area contributed by atoms with Gasteiger partial charge in [0.25, 0.3) is 5.56 Å². The van der Waals surface area contributed by atoms with Gasteiger partial charge in [-0.3, -0.25) is 9.59 Å². The van der Waals surface area contributed by atoms with Crippen LogP contribution in [0.3, 0.4) is 0 Å². The highest BCUT2D eigenvalue weighted by atomic mass is 16.2. The Balaban J connectivity index is 1.35. The summed E-state index contributed by atoms with van der Waals surface area (Å²) in [4.78, 5) is 35.8. The Morgan fingerprint density at radius 2 is 1.77 bits per heavy atom. The van der Waals surface area contributed by atoms with E-state index in [9.17, 15) is 9.59 Å².